The summed E-state index contributed by atoms with van der Waals surface area (Å²) in [6, 6.07) is 15.6. The van der Waals surface area contributed by atoms with Crippen LogP contribution in [-0.2, 0) is 9.53 Å². The van der Waals surface area contributed by atoms with E-state index in [1.165, 1.54) is 6.92 Å². The number of anilines is 1. The fourth-order valence-electron chi connectivity index (χ4n) is 3.26. The molecular formula is C22H19N3O5. The third kappa shape index (κ3) is 3.62. The summed E-state index contributed by atoms with van der Waals surface area (Å²) < 4.78 is 10.7. The Morgan fingerprint density at radius 2 is 1.70 bits per heavy atom. The Hall–Kier alpha value is -4.07. The van der Waals surface area contributed by atoms with E-state index in [2.05, 4.69) is 15.3 Å². The zero-order valence-corrected chi connectivity index (χ0v) is 16.3. The molecule has 4 rings (SSSR count). The van der Waals surface area contributed by atoms with Gasteiger partial charge in [0.25, 0.3) is 5.91 Å². The number of benzene rings is 3. The number of aromatic nitrogens is 2. The van der Waals surface area contributed by atoms with Crippen molar-refractivity contribution in [3.63, 3.8) is 0 Å². The number of carbonyl (C=O) groups excluding carboxylic acids is 2. The minimum absolute atomic E-state index is 0.331. The van der Waals surface area contributed by atoms with Gasteiger partial charge in [0.2, 0.25) is 0 Å². The first-order valence-electron chi connectivity index (χ1n) is 9.26. The Balaban J connectivity index is 1.51. The van der Waals surface area contributed by atoms with Crippen LogP contribution in [0.3, 0.4) is 0 Å². The first-order valence-corrected chi connectivity index (χ1v) is 9.26. The van der Waals surface area contributed by atoms with E-state index >= 15 is 0 Å². The highest BCUT2D eigenvalue weighted by atomic mass is 16.5. The molecule has 1 amide bonds. The lowest BCUT2D eigenvalue weighted by molar-refractivity contribution is -0.123. The standard InChI is InChI=1S/C22H19N3O5/c1-12(20(26)23-13-7-9-17-18(11-13)25-22(28)24-17)30-21(27)16-8-10-19(29-2)15-6-4-3-5-14(15)16/h3-12H,1-2H3,(H,23,26)(H2,24,25,28)/t12-/m0/s1. The Kier molecular flexibility index (Phi) is 4.97. The quantitative estimate of drug-likeness (QED) is 0.441. The summed E-state index contributed by atoms with van der Waals surface area (Å²) >= 11 is 0. The van der Waals surface area contributed by atoms with Gasteiger partial charge in [0.15, 0.2) is 6.10 Å². The number of nitrogens with one attached hydrogen (secondary N) is 3. The van der Waals surface area contributed by atoms with Gasteiger partial charge in [-0.25, -0.2) is 9.59 Å². The maximum Gasteiger partial charge on any atom is 0.339 e. The molecular weight excluding hydrogens is 386 g/mol. The summed E-state index contributed by atoms with van der Waals surface area (Å²) in [5.41, 5.74) is 1.68. The Labute approximate surface area is 170 Å². The lowest BCUT2D eigenvalue weighted by atomic mass is 10.0. The van der Waals surface area contributed by atoms with E-state index < -0.39 is 18.0 Å². The Bertz CT molecular complexity index is 1320. The first kappa shape index (κ1) is 19.3. The fraction of sp³-hybridized carbons (Fsp3) is 0.136. The number of aromatic amines is 2. The molecule has 0 aliphatic rings. The SMILES string of the molecule is COc1ccc(C(=O)O[C@@H](C)C(=O)Nc2ccc3[nH]c(=O)[nH]c3c2)c2ccccc12. The summed E-state index contributed by atoms with van der Waals surface area (Å²) in [6.45, 7) is 1.50. The van der Waals surface area contributed by atoms with Gasteiger partial charge in [-0.15, -0.1) is 0 Å². The van der Waals surface area contributed by atoms with E-state index in [1.54, 1.807) is 43.5 Å². The highest BCUT2D eigenvalue weighted by Crippen LogP contribution is 2.29. The zero-order valence-electron chi connectivity index (χ0n) is 16.3. The van der Waals surface area contributed by atoms with Gasteiger partial charge in [-0.2, -0.15) is 0 Å². The molecule has 1 atom stereocenters. The number of ether oxygens (including phenoxy) is 2. The average Bonchev–Trinajstić information content (AvgIpc) is 3.12. The molecule has 0 fully saturated rings. The van der Waals surface area contributed by atoms with Crippen LogP contribution in [0.4, 0.5) is 5.69 Å². The van der Waals surface area contributed by atoms with Gasteiger partial charge in [-0.3, -0.25) is 4.79 Å². The second-order valence-electron chi connectivity index (χ2n) is 6.74. The van der Waals surface area contributed by atoms with Gasteiger partial charge in [-0.05, 0) is 42.6 Å². The van der Waals surface area contributed by atoms with Gasteiger partial charge in [0, 0.05) is 11.1 Å². The van der Waals surface area contributed by atoms with Crippen molar-refractivity contribution in [1.82, 2.24) is 9.97 Å². The highest BCUT2D eigenvalue weighted by molar-refractivity contribution is 6.07. The minimum Gasteiger partial charge on any atom is -0.496 e. The number of imidazole rings is 1. The van der Waals surface area contributed by atoms with Crippen LogP contribution in [0.15, 0.2) is 59.4 Å². The average molecular weight is 405 g/mol. The second kappa shape index (κ2) is 7.75. The monoisotopic (exact) mass is 405 g/mol. The van der Waals surface area contributed by atoms with Crippen molar-refractivity contribution in [3.8, 4) is 5.75 Å². The van der Waals surface area contributed by atoms with E-state index in [4.69, 9.17) is 9.47 Å². The third-order valence-electron chi connectivity index (χ3n) is 4.76. The van der Waals surface area contributed by atoms with Crippen molar-refractivity contribution in [2.45, 2.75) is 13.0 Å². The summed E-state index contributed by atoms with van der Waals surface area (Å²) in [5.74, 6) is -0.452. The molecule has 152 valence electrons. The molecule has 3 N–H and O–H groups in total. The number of esters is 1. The number of hydrogen-bond donors (Lipinski definition) is 3. The molecule has 0 unspecified atom stereocenters. The van der Waals surface area contributed by atoms with E-state index in [1.807, 2.05) is 18.2 Å². The van der Waals surface area contributed by atoms with Gasteiger partial charge in [0.05, 0.1) is 23.7 Å². The zero-order chi connectivity index (χ0) is 21.3. The minimum atomic E-state index is -1.03. The molecule has 1 heterocycles. The van der Waals surface area contributed by atoms with E-state index in [0.29, 0.717) is 33.4 Å². The molecule has 0 aliphatic carbocycles. The van der Waals surface area contributed by atoms with Crippen molar-refractivity contribution in [2.24, 2.45) is 0 Å². The number of hydrogen-bond acceptors (Lipinski definition) is 5. The van der Waals surface area contributed by atoms with Crippen LogP contribution in [0.5, 0.6) is 5.75 Å². The maximum atomic E-state index is 12.7. The number of fused-ring (bicyclic) bond motifs is 2. The lowest BCUT2D eigenvalue weighted by Gasteiger charge is -2.15. The molecule has 8 heteroatoms. The van der Waals surface area contributed by atoms with Crippen molar-refractivity contribution in [2.75, 3.05) is 12.4 Å². The predicted octanol–water partition coefficient (Wildman–Crippen LogP) is 3.20. The van der Waals surface area contributed by atoms with E-state index in [-0.39, 0.29) is 5.69 Å². The number of rotatable bonds is 5. The summed E-state index contributed by atoms with van der Waals surface area (Å²) in [5, 5.41) is 4.14. The summed E-state index contributed by atoms with van der Waals surface area (Å²) in [6.07, 6.45) is -1.03. The number of amides is 1. The smallest absolute Gasteiger partial charge is 0.339 e. The molecule has 0 aliphatic heterocycles. The van der Waals surface area contributed by atoms with Gasteiger partial charge < -0.3 is 24.8 Å². The molecule has 8 nitrogen and oxygen atoms in total. The summed E-state index contributed by atoms with van der Waals surface area (Å²) in [4.78, 5) is 41.8. The number of H-pyrrole nitrogens is 2. The van der Waals surface area contributed by atoms with Crippen molar-refractivity contribution in [1.29, 1.82) is 0 Å². The van der Waals surface area contributed by atoms with Gasteiger partial charge in [-0.1, -0.05) is 24.3 Å². The molecule has 0 bridgehead atoms. The number of methoxy groups -OCH3 is 1. The van der Waals surface area contributed by atoms with Crippen LogP contribution in [-0.4, -0.2) is 35.1 Å². The Morgan fingerprint density at radius 3 is 2.47 bits per heavy atom. The Morgan fingerprint density at radius 1 is 0.967 bits per heavy atom. The lowest BCUT2D eigenvalue weighted by Crippen LogP contribution is -2.30. The van der Waals surface area contributed by atoms with Gasteiger partial charge in [0.1, 0.15) is 5.75 Å². The van der Waals surface area contributed by atoms with Crippen LogP contribution in [0, 0.1) is 0 Å². The van der Waals surface area contributed by atoms with Crippen LogP contribution in [0.2, 0.25) is 0 Å². The van der Waals surface area contributed by atoms with E-state index in [0.717, 1.165) is 5.39 Å². The van der Waals surface area contributed by atoms with E-state index in [9.17, 15) is 14.4 Å². The molecule has 0 radical (unpaired) electrons. The van der Waals surface area contributed by atoms with Crippen molar-refractivity contribution >= 4 is 39.4 Å². The third-order valence-corrected chi connectivity index (χ3v) is 4.76. The molecule has 30 heavy (non-hydrogen) atoms. The molecule has 4 aromatic rings. The maximum absolute atomic E-state index is 12.7. The van der Waals surface area contributed by atoms with Crippen LogP contribution in [0.1, 0.15) is 17.3 Å². The molecule has 0 saturated heterocycles. The normalized spacial score (nSPS) is 11.9. The first-order chi connectivity index (χ1) is 14.5. The summed E-state index contributed by atoms with van der Waals surface area (Å²) in [7, 11) is 1.56. The molecule has 3 aromatic carbocycles. The van der Waals surface area contributed by atoms with Crippen LogP contribution < -0.4 is 15.7 Å². The van der Waals surface area contributed by atoms with Crippen molar-refractivity contribution < 1.29 is 19.1 Å². The largest absolute Gasteiger partial charge is 0.496 e. The van der Waals surface area contributed by atoms with Crippen LogP contribution >= 0.6 is 0 Å². The number of carbonyl (C=O) groups is 2. The van der Waals surface area contributed by atoms with Gasteiger partial charge >= 0.3 is 11.7 Å². The molecule has 1 aromatic heterocycles. The fourth-order valence-corrected chi connectivity index (χ4v) is 3.26. The molecule has 0 saturated carbocycles. The predicted molar refractivity (Wildman–Crippen MR) is 113 cm³/mol. The van der Waals surface area contributed by atoms with Crippen molar-refractivity contribution in [3.05, 3.63) is 70.6 Å². The second-order valence-corrected chi connectivity index (χ2v) is 6.74. The topological polar surface area (TPSA) is 113 Å². The highest BCUT2D eigenvalue weighted by Gasteiger charge is 2.21. The molecule has 0 spiro atoms. The van der Waals surface area contributed by atoms with Crippen LogP contribution in [0.25, 0.3) is 21.8 Å².